The van der Waals surface area contributed by atoms with Gasteiger partial charge in [-0.2, -0.15) is 0 Å². The highest BCUT2D eigenvalue weighted by atomic mass is 32.1. The van der Waals surface area contributed by atoms with Crippen LogP contribution in [-0.2, 0) is 9.53 Å². The third-order valence-electron chi connectivity index (χ3n) is 3.29. The number of esters is 1. The second kappa shape index (κ2) is 6.58. The minimum absolute atomic E-state index is 0.381. The van der Waals surface area contributed by atoms with E-state index in [1.54, 1.807) is 11.3 Å². The number of benzene rings is 2. The van der Waals surface area contributed by atoms with Crippen molar-refractivity contribution in [1.82, 2.24) is 4.98 Å². The number of nitrogens with one attached hydrogen (secondary N) is 1. The number of nitrogens with zero attached hydrogens (tertiary/aromatic N) is 1. The Bertz CT molecular complexity index is 826. The van der Waals surface area contributed by atoms with E-state index in [0.29, 0.717) is 13.2 Å². The molecule has 4 nitrogen and oxygen atoms in total. The molecule has 3 rings (SSSR count). The van der Waals surface area contributed by atoms with Gasteiger partial charge in [0.15, 0.2) is 5.13 Å². The van der Waals surface area contributed by atoms with Crippen molar-refractivity contribution in [3.05, 3.63) is 49.1 Å². The van der Waals surface area contributed by atoms with Gasteiger partial charge in [0.2, 0.25) is 0 Å². The Morgan fingerprint density at radius 1 is 1.32 bits per heavy atom. The number of ether oxygens (including phenoxy) is 1. The molecule has 0 aliphatic carbocycles. The molecule has 1 heterocycles. The van der Waals surface area contributed by atoms with E-state index in [1.807, 2.05) is 18.2 Å². The van der Waals surface area contributed by atoms with Gasteiger partial charge in [0.25, 0.3) is 0 Å². The molecule has 0 fully saturated rings. The largest absolute Gasteiger partial charge is 0.462 e. The average molecular weight is 312 g/mol. The van der Waals surface area contributed by atoms with Gasteiger partial charge in [-0.25, -0.2) is 9.78 Å². The quantitative estimate of drug-likeness (QED) is 0.425. The van der Waals surface area contributed by atoms with Crippen LogP contribution in [0.3, 0.4) is 0 Å². The lowest BCUT2D eigenvalue weighted by molar-refractivity contribution is -0.137. The first-order valence-electron chi connectivity index (χ1n) is 7.09. The second-order valence-corrected chi connectivity index (χ2v) is 5.80. The van der Waals surface area contributed by atoms with Gasteiger partial charge in [-0.05, 0) is 17.9 Å². The summed E-state index contributed by atoms with van der Waals surface area (Å²) in [6.07, 6.45) is 1.91. The first-order valence-corrected chi connectivity index (χ1v) is 7.91. The van der Waals surface area contributed by atoms with Crippen LogP contribution in [0.2, 0.25) is 0 Å². The van der Waals surface area contributed by atoms with Crippen molar-refractivity contribution in [2.24, 2.45) is 0 Å². The van der Waals surface area contributed by atoms with Gasteiger partial charge >= 0.3 is 5.97 Å². The van der Waals surface area contributed by atoms with Gasteiger partial charge in [0, 0.05) is 18.0 Å². The Balaban J connectivity index is 1.66. The number of hydrogen-bond acceptors (Lipinski definition) is 5. The van der Waals surface area contributed by atoms with Gasteiger partial charge < -0.3 is 10.1 Å². The zero-order valence-corrected chi connectivity index (χ0v) is 12.9. The summed E-state index contributed by atoms with van der Waals surface area (Å²) in [7, 11) is 0. The molecule has 0 saturated heterocycles. The van der Waals surface area contributed by atoms with Gasteiger partial charge in [-0.15, -0.1) is 0 Å². The Morgan fingerprint density at radius 2 is 2.18 bits per heavy atom. The fourth-order valence-electron chi connectivity index (χ4n) is 2.23. The molecule has 112 valence electrons. The zero-order chi connectivity index (χ0) is 15.4. The van der Waals surface area contributed by atoms with Crippen LogP contribution in [0.4, 0.5) is 5.13 Å². The van der Waals surface area contributed by atoms with Crippen LogP contribution < -0.4 is 5.32 Å². The molecule has 3 aromatic rings. The fourth-order valence-corrected chi connectivity index (χ4v) is 3.26. The molecule has 0 amide bonds. The van der Waals surface area contributed by atoms with Crippen LogP contribution >= 0.6 is 11.3 Å². The van der Waals surface area contributed by atoms with Gasteiger partial charge in [0.1, 0.15) is 0 Å². The van der Waals surface area contributed by atoms with Crippen LogP contribution in [0.25, 0.3) is 21.0 Å². The van der Waals surface area contributed by atoms with E-state index in [0.717, 1.165) is 17.1 Å². The van der Waals surface area contributed by atoms with Crippen molar-refractivity contribution in [3.63, 3.8) is 0 Å². The summed E-state index contributed by atoms with van der Waals surface area (Å²) in [4.78, 5) is 15.5. The highest BCUT2D eigenvalue weighted by Crippen LogP contribution is 2.32. The molecule has 5 heteroatoms. The van der Waals surface area contributed by atoms with E-state index < -0.39 is 0 Å². The van der Waals surface area contributed by atoms with Crippen molar-refractivity contribution >= 4 is 43.4 Å². The standard InChI is InChI=1S/C17H16N2O2S/c1-2-15(20)21-11-5-10-18-17-19-14-9-8-12-6-3-4-7-13(12)16(14)22-17/h2-4,6-9H,1,5,10-11H2,(H,18,19). The molecule has 1 N–H and O–H groups in total. The number of carbonyl (C=O) groups is 1. The first kappa shape index (κ1) is 14.5. The lowest BCUT2D eigenvalue weighted by Crippen LogP contribution is -2.08. The number of thiazole rings is 1. The number of aromatic nitrogens is 1. The van der Waals surface area contributed by atoms with Gasteiger partial charge in [-0.1, -0.05) is 48.2 Å². The SMILES string of the molecule is C=CC(=O)OCCCNc1nc2ccc3ccccc3c2s1. The van der Waals surface area contributed by atoms with Crippen molar-refractivity contribution in [2.75, 3.05) is 18.5 Å². The smallest absolute Gasteiger partial charge is 0.330 e. The summed E-state index contributed by atoms with van der Waals surface area (Å²) in [5.41, 5.74) is 1.00. The molecule has 0 aliphatic rings. The molecule has 1 aromatic heterocycles. The molecule has 0 radical (unpaired) electrons. The number of carbonyl (C=O) groups excluding carboxylic acids is 1. The molecule has 2 aromatic carbocycles. The Hall–Kier alpha value is -2.40. The van der Waals surface area contributed by atoms with Crippen molar-refractivity contribution < 1.29 is 9.53 Å². The minimum atomic E-state index is -0.383. The normalized spacial score (nSPS) is 10.7. The summed E-state index contributed by atoms with van der Waals surface area (Å²) in [6.45, 7) is 4.45. The number of hydrogen-bond donors (Lipinski definition) is 1. The Kier molecular flexibility index (Phi) is 4.34. The molecule has 0 atom stereocenters. The van der Waals surface area contributed by atoms with Gasteiger partial charge in [-0.3, -0.25) is 0 Å². The molecule has 0 bridgehead atoms. The van der Waals surface area contributed by atoms with Crippen molar-refractivity contribution in [3.8, 4) is 0 Å². The molecular weight excluding hydrogens is 296 g/mol. The van der Waals surface area contributed by atoms with E-state index in [4.69, 9.17) is 4.74 Å². The first-order chi connectivity index (χ1) is 10.8. The van der Waals surface area contributed by atoms with Crippen LogP contribution in [0, 0.1) is 0 Å². The predicted octanol–water partition coefficient (Wildman–Crippen LogP) is 3.98. The van der Waals surface area contributed by atoms with E-state index in [-0.39, 0.29) is 5.97 Å². The highest BCUT2D eigenvalue weighted by molar-refractivity contribution is 7.23. The van der Waals surface area contributed by atoms with E-state index in [2.05, 4.69) is 35.1 Å². The van der Waals surface area contributed by atoms with E-state index in [1.165, 1.54) is 21.5 Å². The number of fused-ring (bicyclic) bond motifs is 3. The molecule has 0 saturated carbocycles. The van der Waals surface area contributed by atoms with Crippen LogP contribution in [0.1, 0.15) is 6.42 Å². The maximum Gasteiger partial charge on any atom is 0.330 e. The summed E-state index contributed by atoms with van der Waals surface area (Å²) in [6, 6.07) is 12.5. The summed E-state index contributed by atoms with van der Waals surface area (Å²) < 4.78 is 6.12. The predicted molar refractivity (Wildman–Crippen MR) is 91.4 cm³/mol. The van der Waals surface area contributed by atoms with E-state index in [9.17, 15) is 4.79 Å². The van der Waals surface area contributed by atoms with Crippen molar-refractivity contribution in [1.29, 1.82) is 0 Å². The van der Waals surface area contributed by atoms with Crippen LogP contribution in [-0.4, -0.2) is 24.1 Å². The third-order valence-corrected chi connectivity index (χ3v) is 4.35. The highest BCUT2D eigenvalue weighted by Gasteiger charge is 2.06. The monoisotopic (exact) mass is 312 g/mol. The van der Waals surface area contributed by atoms with Crippen LogP contribution in [0.5, 0.6) is 0 Å². The zero-order valence-electron chi connectivity index (χ0n) is 12.0. The Labute approximate surface area is 132 Å². The summed E-state index contributed by atoms with van der Waals surface area (Å²) in [5, 5.41) is 6.62. The second-order valence-electron chi connectivity index (χ2n) is 4.81. The summed E-state index contributed by atoms with van der Waals surface area (Å²) >= 11 is 1.65. The third kappa shape index (κ3) is 3.09. The molecule has 22 heavy (non-hydrogen) atoms. The summed E-state index contributed by atoms with van der Waals surface area (Å²) in [5.74, 6) is -0.383. The fraction of sp³-hybridized carbons (Fsp3) is 0.176. The topological polar surface area (TPSA) is 51.2 Å². The van der Waals surface area contributed by atoms with Crippen molar-refractivity contribution in [2.45, 2.75) is 6.42 Å². The minimum Gasteiger partial charge on any atom is -0.462 e. The molecule has 0 spiro atoms. The van der Waals surface area contributed by atoms with Crippen LogP contribution in [0.15, 0.2) is 49.1 Å². The lowest BCUT2D eigenvalue weighted by Gasteiger charge is -2.02. The average Bonchev–Trinajstić information content (AvgIpc) is 2.97. The molecule has 0 aliphatic heterocycles. The van der Waals surface area contributed by atoms with E-state index >= 15 is 0 Å². The number of rotatable bonds is 6. The lowest BCUT2D eigenvalue weighted by atomic mass is 10.1. The Morgan fingerprint density at radius 3 is 3.05 bits per heavy atom. The molecule has 0 unspecified atom stereocenters. The maximum absolute atomic E-state index is 10.9. The number of anilines is 1. The molecular formula is C17H16N2O2S. The van der Waals surface area contributed by atoms with Gasteiger partial charge in [0.05, 0.1) is 16.8 Å². The maximum atomic E-state index is 10.9.